The summed E-state index contributed by atoms with van der Waals surface area (Å²) in [6.07, 6.45) is 1.43. The zero-order valence-electron chi connectivity index (χ0n) is 13.6. The second kappa shape index (κ2) is 9.11. The van der Waals surface area contributed by atoms with Gasteiger partial charge in [0.1, 0.15) is 0 Å². The Hall–Kier alpha value is -0.900. The fraction of sp³-hybridized carbons (Fsp3) is 0.647. The first-order valence-corrected chi connectivity index (χ1v) is 7.57. The van der Waals surface area contributed by atoms with Crippen molar-refractivity contribution >= 4 is 0 Å². The molecule has 1 rings (SSSR count). The van der Waals surface area contributed by atoms with Crippen molar-refractivity contribution in [3.8, 4) is 0 Å². The van der Waals surface area contributed by atoms with E-state index >= 15 is 0 Å². The van der Waals surface area contributed by atoms with Crippen molar-refractivity contribution in [2.24, 2.45) is 0 Å². The summed E-state index contributed by atoms with van der Waals surface area (Å²) in [4.78, 5) is 2.34. The van der Waals surface area contributed by atoms with E-state index in [1.54, 1.807) is 0 Å². The molecule has 3 nitrogen and oxygen atoms in total. The molecule has 0 saturated heterocycles. The number of nitrogens with one attached hydrogen (secondary N) is 1. The van der Waals surface area contributed by atoms with Gasteiger partial charge in [-0.1, -0.05) is 29.8 Å². The lowest BCUT2D eigenvalue weighted by Gasteiger charge is -2.22. The molecule has 0 saturated carbocycles. The van der Waals surface area contributed by atoms with E-state index in [0.717, 1.165) is 26.1 Å². The molecule has 0 aliphatic rings. The molecule has 0 aliphatic carbocycles. The highest BCUT2D eigenvalue weighted by atomic mass is 16.5. The van der Waals surface area contributed by atoms with Crippen LogP contribution >= 0.6 is 0 Å². The molecule has 0 spiro atoms. The van der Waals surface area contributed by atoms with E-state index in [1.165, 1.54) is 11.1 Å². The summed E-state index contributed by atoms with van der Waals surface area (Å²) in [5.74, 6) is 0. The Labute approximate surface area is 124 Å². The first-order chi connectivity index (χ1) is 9.52. The van der Waals surface area contributed by atoms with Crippen LogP contribution in [0.1, 0.15) is 37.4 Å². The minimum absolute atomic E-state index is 0.320. The molecule has 0 aliphatic heterocycles. The van der Waals surface area contributed by atoms with E-state index in [-0.39, 0.29) is 0 Å². The van der Waals surface area contributed by atoms with Crippen molar-refractivity contribution in [2.75, 3.05) is 33.8 Å². The van der Waals surface area contributed by atoms with E-state index in [2.05, 4.69) is 62.3 Å². The van der Waals surface area contributed by atoms with Crippen LogP contribution < -0.4 is 5.32 Å². The van der Waals surface area contributed by atoms with Gasteiger partial charge in [-0.3, -0.25) is 0 Å². The number of likely N-dealkylation sites (N-methyl/N-ethyl adjacent to an activating group) is 1. The van der Waals surface area contributed by atoms with Crippen LogP contribution in [0.5, 0.6) is 0 Å². The van der Waals surface area contributed by atoms with Crippen LogP contribution in [0.4, 0.5) is 0 Å². The van der Waals surface area contributed by atoms with Crippen LogP contribution in [-0.2, 0) is 4.74 Å². The highest BCUT2D eigenvalue weighted by Crippen LogP contribution is 2.17. The predicted molar refractivity (Wildman–Crippen MR) is 86.2 cm³/mol. The number of aryl methyl sites for hydroxylation is 1. The fourth-order valence-corrected chi connectivity index (χ4v) is 2.27. The maximum atomic E-state index is 5.59. The molecule has 0 bridgehead atoms. The van der Waals surface area contributed by atoms with E-state index in [0.29, 0.717) is 12.1 Å². The molecule has 0 amide bonds. The minimum Gasteiger partial charge on any atom is -0.377 e. The van der Waals surface area contributed by atoms with Gasteiger partial charge in [-0.2, -0.15) is 0 Å². The Morgan fingerprint density at radius 2 is 2.00 bits per heavy atom. The molecular weight excluding hydrogens is 248 g/mol. The van der Waals surface area contributed by atoms with Gasteiger partial charge >= 0.3 is 0 Å². The number of ether oxygens (including phenoxy) is 1. The molecule has 0 heterocycles. The highest BCUT2D eigenvalue weighted by Gasteiger charge is 2.10. The lowest BCUT2D eigenvalue weighted by Crippen LogP contribution is -2.28. The normalized spacial score (nSPS) is 13.2. The summed E-state index contributed by atoms with van der Waals surface area (Å²) < 4.78 is 5.59. The summed E-state index contributed by atoms with van der Waals surface area (Å²) in [7, 11) is 4.20. The average Bonchev–Trinajstić information content (AvgIpc) is 2.39. The zero-order valence-corrected chi connectivity index (χ0v) is 13.6. The van der Waals surface area contributed by atoms with Crippen molar-refractivity contribution in [1.29, 1.82) is 0 Å². The molecule has 1 aromatic rings. The largest absolute Gasteiger partial charge is 0.377 e. The molecule has 3 heteroatoms. The third kappa shape index (κ3) is 6.51. The van der Waals surface area contributed by atoms with E-state index in [4.69, 9.17) is 4.74 Å². The maximum absolute atomic E-state index is 5.59. The molecular formula is C17H30N2O. The molecule has 1 unspecified atom stereocenters. The second-order valence-electron chi connectivity index (χ2n) is 5.77. The first kappa shape index (κ1) is 17.2. The Balaban J connectivity index is 2.37. The summed E-state index contributed by atoms with van der Waals surface area (Å²) in [6, 6.07) is 9.17. The Morgan fingerprint density at radius 3 is 2.60 bits per heavy atom. The van der Waals surface area contributed by atoms with Gasteiger partial charge in [0, 0.05) is 12.6 Å². The first-order valence-electron chi connectivity index (χ1n) is 7.57. The standard InChI is InChI=1S/C17H30N2O/c1-14(2)20-12-11-19(5)10-9-17(18-4)16-8-6-7-15(3)13-16/h6-8,13-14,17-18H,9-12H2,1-5H3. The van der Waals surface area contributed by atoms with Gasteiger partial charge in [0.2, 0.25) is 0 Å². The zero-order chi connectivity index (χ0) is 15.0. The number of hydrogen-bond acceptors (Lipinski definition) is 3. The summed E-state index contributed by atoms with van der Waals surface area (Å²) >= 11 is 0. The number of hydrogen-bond donors (Lipinski definition) is 1. The third-order valence-corrected chi connectivity index (χ3v) is 3.52. The van der Waals surface area contributed by atoms with Gasteiger partial charge in [0.25, 0.3) is 0 Å². The van der Waals surface area contributed by atoms with Crippen LogP contribution in [0.25, 0.3) is 0 Å². The van der Waals surface area contributed by atoms with E-state index in [1.807, 2.05) is 7.05 Å². The van der Waals surface area contributed by atoms with Crippen LogP contribution in [0.2, 0.25) is 0 Å². The molecule has 0 radical (unpaired) electrons. The lowest BCUT2D eigenvalue weighted by atomic mass is 10.0. The molecule has 1 N–H and O–H groups in total. The molecule has 0 aromatic heterocycles. The maximum Gasteiger partial charge on any atom is 0.0596 e. The Bertz CT molecular complexity index is 379. The van der Waals surface area contributed by atoms with Gasteiger partial charge in [-0.15, -0.1) is 0 Å². The van der Waals surface area contributed by atoms with Gasteiger partial charge in [-0.05, 0) is 53.4 Å². The SMILES string of the molecule is CNC(CCN(C)CCOC(C)C)c1cccc(C)c1. The smallest absolute Gasteiger partial charge is 0.0596 e. The Kier molecular flexibility index (Phi) is 7.82. The van der Waals surface area contributed by atoms with E-state index < -0.39 is 0 Å². The third-order valence-electron chi connectivity index (χ3n) is 3.52. The van der Waals surface area contributed by atoms with E-state index in [9.17, 15) is 0 Å². The monoisotopic (exact) mass is 278 g/mol. The molecule has 20 heavy (non-hydrogen) atoms. The molecule has 0 fully saturated rings. The molecule has 1 aromatic carbocycles. The highest BCUT2D eigenvalue weighted by molar-refractivity contribution is 5.25. The summed E-state index contributed by atoms with van der Waals surface area (Å²) in [5, 5.41) is 3.42. The van der Waals surface area contributed by atoms with Crippen molar-refractivity contribution in [1.82, 2.24) is 10.2 Å². The average molecular weight is 278 g/mol. The Morgan fingerprint density at radius 1 is 1.25 bits per heavy atom. The summed E-state index contributed by atoms with van der Waals surface area (Å²) in [6.45, 7) is 9.17. The van der Waals surface area contributed by atoms with Crippen LogP contribution in [0.3, 0.4) is 0 Å². The number of rotatable bonds is 9. The quantitative estimate of drug-likeness (QED) is 0.751. The van der Waals surface area contributed by atoms with Crippen molar-refractivity contribution in [3.05, 3.63) is 35.4 Å². The lowest BCUT2D eigenvalue weighted by molar-refractivity contribution is 0.0633. The van der Waals surface area contributed by atoms with Crippen molar-refractivity contribution in [2.45, 2.75) is 39.3 Å². The van der Waals surface area contributed by atoms with Crippen LogP contribution in [0, 0.1) is 6.92 Å². The number of benzene rings is 1. The van der Waals surface area contributed by atoms with Crippen molar-refractivity contribution in [3.63, 3.8) is 0 Å². The van der Waals surface area contributed by atoms with Gasteiger partial charge in [-0.25, -0.2) is 0 Å². The topological polar surface area (TPSA) is 24.5 Å². The second-order valence-corrected chi connectivity index (χ2v) is 5.77. The molecule has 1 atom stereocenters. The number of nitrogens with zero attached hydrogens (tertiary/aromatic N) is 1. The minimum atomic E-state index is 0.320. The van der Waals surface area contributed by atoms with Crippen LogP contribution in [0.15, 0.2) is 24.3 Å². The fourth-order valence-electron chi connectivity index (χ4n) is 2.27. The molecule has 114 valence electrons. The van der Waals surface area contributed by atoms with Gasteiger partial charge < -0.3 is 15.0 Å². The van der Waals surface area contributed by atoms with Gasteiger partial charge in [0.05, 0.1) is 12.7 Å². The predicted octanol–water partition coefficient (Wildman–Crippen LogP) is 3.00. The van der Waals surface area contributed by atoms with Crippen LogP contribution in [-0.4, -0.2) is 44.8 Å². The summed E-state index contributed by atoms with van der Waals surface area (Å²) in [5.41, 5.74) is 2.70. The van der Waals surface area contributed by atoms with Gasteiger partial charge in [0.15, 0.2) is 0 Å². The van der Waals surface area contributed by atoms with Crippen molar-refractivity contribution < 1.29 is 4.74 Å².